The van der Waals surface area contributed by atoms with Gasteiger partial charge in [-0.05, 0) is 47.4 Å². The fraction of sp³-hybridized carbons (Fsp3) is 0.286. The largest absolute Gasteiger partial charge is 0.350 e. The fourth-order valence-electron chi connectivity index (χ4n) is 4.08. The number of fused-ring (bicyclic) bond motifs is 2. The van der Waals surface area contributed by atoms with Crippen molar-refractivity contribution >= 4 is 34.1 Å². The number of carbonyl (C=O) groups excluding carboxylic acids is 2. The van der Waals surface area contributed by atoms with Crippen molar-refractivity contribution in [2.24, 2.45) is 7.05 Å². The quantitative estimate of drug-likeness (QED) is 0.450. The van der Waals surface area contributed by atoms with E-state index in [1.807, 2.05) is 41.9 Å². The van der Waals surface area contributed by atoms with Gasteiger partial charge >= 0.3 is 0 Å². The van der Waals surface area contributed by atoms with Crippen LogP contribution in [0, 0.1) is 0 Å². The van der Waals surface area contributed by atoms with E-state index in [1.54, 1.807) is 16.0 Å². The third kappa shape index (κ3) is 3.48. The molecule has 2 amide bonds. The van der Waals surface area contributed by atoms with Crippen molar-refractivity contribution in [1.29, 1.82) is 0 Å². The lowest BCUT2D eigenvalue weighted by Crippen LogP contribution is -2.35. The van der Waals surface area contributed by atoms with E-state index in [0.717, 1.165) is 40.7 Å². The Kier molecular flexibility index (Phi) is 4.99. The van der Waals surface area contributed by atoms with Crippen molar-refractivity contribution in [3.05, 3.63) is 58.4 Å². The zero-order chi connectivity index (χ0) is 21.4. The highest BCUT2D eigenvalue weighted by atomic mass is 32.1. The topological polar surface area (TPSA) is 107 Å². The van der Waals surface area contributed by atoms with E-state index < -0.39 is 0 Å². The molecule has 0 atom stereocenters. The molecule has 3 heterocycles. The lowest BCUT2D eigenvalue weighted by molar-refractivity contribution is 0.0923. The van der Waals surface area contributed by atoms with Crippen LogP contribution in [0.5, 0.6) is 0 Å². The predicted octanol–water partition coefficient (Wildman–Crippen LogP) is 1.86. The summed E-state index contributed by atoms with van der Waals surface area (Å²) in [7, 11) is 1.87. The molecule has 4 aromatic rings. The first-order valence-corrected chi connectivity index (χ1v) is 10.9. The Labute approximate surface area is 182 Å². The molecule has 0 saturated heterocycles. The monoisotopic (exact) mass is 435 g/mol. The highest BCUT2D eigenvalue weighted by molar-refractivity contribution is 7.15. The van der Waals surface area contributed by atoms with Crippen LogP contribution in [0.15, 0.2) is 36.7 Å². The van der Waals surface area contributed by atoms with E-state index >= 15 is 0 Å². The maximum absolute atomic E-state index is 13.0. The number of nitrogens with zero attached hydrogens (tertiary/aromatic N) is 5. The first-order valence-electron chi connectivity index (χ1n) is 10.1. The molecule has 0 unspecified atom stereocenters. The van der Waals surface area contributed by atoms with Crippen molar-refractivity contribution in [3.63, 3.8) is 0 Å². The van der Waals surface area contributed by atoms with Crippen molar-refractivity contribution in [3.8, 4) is 5.00 Å². The number of aryl methyl sites for hydroxylation is 2. The predicted molar refractivity (Wildman–Crippen MR) is 117 cm³/mol. The van der Waals surface area contributed by atoms with Crippen molar-refractivity contribution < 1.29 is 9.59 Å². The second kappa shape index (κ2) is 7.95. The molecule has 0 radical (unpaired) electrons. The van der Waals surface area contributed by atoms with Gasteiger partial charge in [0, 0.05) is 35.9 Å². The summed E-state index contributed by atoms with van der Waals surface area (Å²) in [4.78, 5) is 26.8. The molecule has 9 nitrogen and oxygen atoms in total. The number of tetrazole rings is 1. The van der Waals surface area contributed by atoms with Crippen LogP contribution in [-0.2, 0) is 19.9 Å². The zero-order valence-corrected chi connectivity index (χ0v) is 17.8. The van der Waals surface area contributed by atoms with E-state index in [4.69, 9.17) is 0 Å². The minimum atomic E-state index is -0.168. The van der Waals surface area contributed by atoms with E-state index in [0.29, 0.717) is 24.3 Å². The number of aromatic nitrogens is 5. The van der Waals surface area contributed by atoms with E-state index in [2.05, 4.69) is 26.2 Å². The average molecular weight is 436 g/mol. The SMILES string of the molecule is Cn1c(C(=O)NCCNC(=O)c2c(-n3cnnn3)sc3c2CCC3)cc2ccccc21. The van der Waals surface area contributed by atoms with Crippen molar-refractivity contribution in [2.45, 2.75) is 19.3 Å². The summed E-state index contributed by atoms with van der Waals surface area (Å²) >= 11 is 1.57. The summed E-state index contributed by atoms with van der Waals surface area (Å²) in [6, 6.07) is 9.73. The van der Waals surface area contributed by atoms with Gasteiger partial charge in [-0.3, -0.25) is 9.59 Å². The number of amides is 2. The molecular weight excluding hydrogens is 414 g/mol. The minimum absolute atomic E-state index is 0.163. The fourth-order valence-corrected chi connectivity index (χ4v) is 5.38. The van der Waals surface area contributed by atoms with Gasteiger partial charge in [0.2, 0.25) is 0 Å². The average Bonchev–Trinajstić information content (AvgIpc) is 3.54. The lowest BCUT2D eigenvalue weighted by atomic mass is 10.1. The molecule has 1 aromatic carbocycles. The van der Waals surface area contributed by atoms with Crippen LogP contribution in [0.3, 0.4) is 0 Å². The Hall–Kier alpha value is -3.53. The number of benzene rings is 1. The van der Waals surface area contributed by atoms with Gasteiger partial charge in [-0.2, -0.15) is 4.68 Å². The molecule has 3 aromatic heterocycles. The molecule has 2 N–H and O–H groups in total. The number of thiophene rings is 1. The molecule has 0 aliphatic heterocycles. The van der Waals surface area contributed by atoms with Crippen LogP contribution in [0.25, 0.3) is 15.9 Å². The molecule has 158 valence electrons. The summed E-state index contributed by atoms with van der Waals surface area (Å²) in [6.45, 7) is 0.660. The molecule has 0 fully saturated rings. The first kappa shape index (κ1) is 19.4. The Morgan fingerprint density at radius 1 is 1.13 bits per heavy atom. The molecule has 1 aliphatic rings. The normalized spacial score (nSPS) is 12.8. The van der Waals surface area contributed by atoms with Gasteiger partial charge in [0.25, 0.3) is 11.8 Å². The summed E-state index contributed by atoms with van der Waals surface area (Å²) in [5.41, 5.74) is 3.32. The Balaban J connectivity index is 1.24. The zero-order valence-electron chi connectivity index (χ0n) is 17.0. The number of nitrogens with one attached hydrogen (secondary N) is 2. The van der Waals surface area contributed by atoms with E-state index in [-0.39, 0.29) is 11.8 Å². The highest BCUT2D eigenvalue weighted by Gasteiger charge is 2.27. The van der Waals surface area contributed by atoms with Crippen LogP contribution in [0.1, 0.15) is 37.7 Å². The van der Waals surface area contributed by atoms with Crippen LogP contribution >= 0.6 is 11.3 Å². The molecule has 0 spiro atoms. The minimum Gasteiger partial charge on any atom is -0.350 e. The van der Waals surface area contributed by atoms with Gasteiger partial charge in [-0.15, -0.1) is 16.4 Å². The van der Waals surface area contributed by atoms with Crippen LogP contribution < -0.4 is 10.6 Å². The third-order valence-electron chi connectivity index (χ3n) is 5.57. The van der Waals surface area contributed by atoms with Gasteiger partial charge in [-0.25, -0.2) is 0 Å². The van der Waals surface area contributed by atoms with Gasteiger partial charge in [0.05, 0.1) is 5.56 Å². The van der Waals surface area contributed by atoms with Gasteiger partial charge in [-0.1, -0.05) is 18.2 Å². The molecule has 0 bridgehead atoms. The number of carbonyl (C=O) groups is 2. The van der Waals surface area contributed by atoms with E-state index in [1.165, 1.54) is 11.2 Å². The molecule has 5 rings (SSSR count). The van der Waals surface area contributed by atoms with Gasteiger partial charge in [0.1, 0.15) is 17.0 Å². The molecule has 0 saturated carbocycles. The highest BCUT2D eigenvalue weighted by Crippen LogP contribution is 2.37. The van der Waals surface area contributed by atoms with Crippen LogP contribution in [-0.4, -0.2) is 49.7 Å². The molecule has 1 aliphatic carbocycles. The lowest BCUT2D eigenvalue weighted by Gasteiger charge is -2.09. The number of rotatable bonds is 6. The van der Waals surface area contributed by atoms with Crippen molar-refractivity contribution in [2.75, 3.05) is 13.1 Å². The Morgan fingerprint density at radius 3 is 2.71 bits per heavy atom. The van der Waals surface area contributed by atoms with Crippen molar-refractivity contribution in [1.82, 2.24) is 35.4 Å². The number of hydrogen-bond acceptors (Lipinski definition) is 6. The van der Waals surface area contributed by atoms with E-state index in [9.17, 15) is 9.59 Å². The second-order valence-corrected chi connectivity index (χ2v) is 8.53. The summed E-state index contributed by atoms with van der Waals surface area (Å²) in [5.74, 6) is -0.331. The smallest absolute Gasteiger partial charge is 0.267 e. The standard InChI is InChI=1S/C21H21N7O2S/c1-27-15-7-3-2-5-13(15)11-16(27)19(29)22-9-10-23-20(30)18-14-6-4-8-17(14)31-21(18)28-12-24-25-26-28/h2-3,5,7,11-12H,4,6,8-10H2,1H3,(H,22,29)(H,23,30). The van der Waals surface area contributed by atoms with Gasteiger partial charge in [0.15, 0.2) is 0 Å². The molecule has 10 heteroatoms. The Bertz CT molecular complexity index is 1270. The third-order valence-corrected chi connectivity index (χ3v) is 6.85. The maximum Gasteiger partial charge on any atom is 0.267 e. The van der Waals surface area contributed by atoms with Crippen LogP contribution in [0.2, 0.25) is 0 Å². The Morgan fingerprint density at radius 2 is 1.94 bits per heavy atom. The maximum atomic E-state index is 13.0. The second-order valence-electron chi connectivity index (χ2n) is 7.45. The van der Waals surface area contributed by atoms with Gasteiger partial charge < -0.3 is 15.2 Å². The van der Waals surface area contributed by atoms with Crippen LogP contribution in [0.4, 0.5) is 0 Å². The summed E-state index contributed by atoms with van der Waals surface area (Å²) < 4.78 is 3.41. The number of para-hydroxylation sites is 1. The molecular formula is C21H21N7O2S. The first-order chi connectivity index (χ1) is 15.1. The summed E-state index contributed by atoms with van der Waals surface area (Å²) in [6.07, 6.45) is 4.41. The number of hydrogen-bond donors (Lipinski definition) is 2. The molecule has 31 heavy (non-hydrogen) atoms. The summed E-state index contributed by atoms with van der Waals surface area (Å²) in [5, 5.41) is 18.9.